The lowest BCUT2D eigenvalue weighted by Crippen LogP contribution is -1.84. The maximum atomic E-state index is 9.98. The molecule has 0 saturated heterocycles. The molecule has 0 amide bonds. The number of hydrogen-bond acceptors (Lipinski definition) is 3. The molecule has 2 rings (SSSR count). The van der Waals surface area contributed by atoms with Crippen LogP contribution in [-0.2, 0) is 11.3 Å². The third kappa shape index (κ3) is 3.20. The van der Waals surface area contributed by atoms with Crippen LogP contribution in [-0.4, -0.2) is 11.3 Å². The molecular formula is C11H10BrNOS. The summed E-state index contributed by atoms with van der Waals surface area (Å²) in [6.45, 7) is 0.413. The first-order valence-corrected chi connectivity index (χ1v) is 6.45. The lowest BCUT2D eigenvalue weighted by Gasteiger charge is -2.04. The van der Waals surface area contributed by atoms with Crippen molar-refractivity contribution < 1.29 is 4.79 Å². The summed E-state index contributed by atoms with van der Waals surface area (Å²) in [5.41, 5.74) is 1.03. The normalized spacial score (nSPS) is 14.7. The molecule has 1 aromatic rings. The van der Waals surface area contributed by atoms with Crippen molar-refractivity contribution in [2.45, 2.75) is 29.5 Å². The van der Waals surface area contributed by atoms with Gasteiger partial charge < -0.3 is 0 Å². The summed E-state index contributed by atoms with van der Waals surface area (Å²) in [5, 5.41) is 0.806. The van der Waals surface area contributed by atoms with Crippen molar-refractivity contribution in [2.24, 2.45) is 4.99 Å². The van der Waals surface area contributed by atoms with Crippen molar-refractivity contribution in [3.8, 4) is 0 Å². The summed E-state index contributed by atoms with van der Waals surface area (Å²) in [6.07, 6.45) is 4.20. The van der Waals surface area contributed by atoms with E-state index in [0.717, 1.165) is 15.3 Å². The standard InChI is InChI=1S/C11H10BrNOS/c12-10-5-8(6-13-7-14)1-4-11(10)15-9-2-3-9/h1,4-5,9H,2-3,6H2. The molecule has 1 aliphatic carbocycles. The fourth-order valence-corrected chi connectivity index (χ4v) is 2.98. The number of rotatable bonds is 4. The van der Waals surface area contributed by atoms with Gasteiger partial charge in [-0.3, -0.25) is 0 Å². The first-order chi connectivity index (χ1) is 7.29. The zero-order valence-corrected chi connectivity index (χ0v) is 10.5. The fraction of sp³-hybridized carbons (Fsp3) is 0.364. The molecule has 0 bridgehead atoms. The van der Waals surface area contributed by atoms with Gasteiger partial charge in [-0.05, 0) is 46.5 Å². The van der Waals surface area contributed by atoms with Crippen LogP contribution >= 0.6 is 27.7 Å². The van der Waals surface area contributed by atoms with Crippen LogP contribution in [0.1, 0.15) is 18.4 Å². The van der Waals surface area contributed by atoms with Gasteiger partial charge in [0.2, 0.25) is 6.08 Å². The Morgan fingerprint density at radius 1 is 1.53 bits per heavy atom. The molecule has 15 heavy (non-hydrogen) atoms. The van der Waals surface area contributed by atoms with E-state index in [0.29, 0.717) is 6.54 Å². The Kier molecular flexibility index (Phi) is 3.62. The minimum absolute atomic E-state index is 0.413. The monoisotopic (exact) mass is 283 g/mol. The summed E-state index contributed by atoms with van der Waals surface area (Å²) in [6, 6.07) is 6.12. The predicted molar refractivity (Wildman–Crippen MR) is 64.8 cm³/mol. The molecule has 1 saturated carbocycles. The zero-order chi connectivity index (χ0) is 10.7. The molecule has 1 aromatic carbocycles. The van der Waals surface area contributed by atoms with Gasteiger partial charge in [-0.1, -0.05) is 6.07 Å². The van der Waals surface area contributed by atoms with Crippen molar-refractivity contribution >= 4 is 33.8 Å². The van der Waals surface area contributed by atoms with Crippen molar-refractivity contribution in [1.29, 1.82) is 0 Å². The van der Waals surface area contributed by atoms with Crippen LogP contribution in [0.15, 0.2) is 32.6 Å². The molecule has 0 radical (unpaired) electrons. The highest BCUT2D eigenvalue weighted by molar-refractivity contribution is 9.10. The molecule has 1 fully saturated rings. The quantitative estimate of drug-likeness (QED) is 0.625. The Morgan fingerprint density at radius 3 is 2.93 bits per heavy atom. The van der Waals surface area contributed by atoms with Crippen molar-refractivity contribution in [1.82, 2.24) is 0 Å². The summed E-state index contributed by atoms with van der Waals surface area (Å²) < 4.78 is 1.10. The van der Waals surface area contributed by atoms with E-state index >= 15 is 0 Å². The van der Waals surface area contributed by atoms with Gasteiger partial charge in [-0.15, -0.1) is 11.8 Å². The summed E-state index contributed by atoms with van der Waals surface area (Å²) in [5.74, 6) is 0. The van der Waals surface area contributed by atoms with E-state index in [9.17, 15) is 4.79 Å². The number of aliphatic imine (C=N–C) groups is 1. The van der Waals surface area contributed by atoms with Crippen LogP contribution in [0, 0.1) is 0 Å². The molecular weight excluding hydrogens is 274 g/mol. The average molecular weight is 284 g/mol. The van der Waals surface area contributed by atoms with Crippen LogP contribution < -0.4 is 0 Å². The fourth-order valence-electron chi connectivity index (χ4n) is 1.23. The Hall–Kier alpha value is -0.570. The first-order valence-electron chi connectivity index (χ1n) is 4.78. The van der Waals surface area contributed by atoms with Crippen LogP contribution in [0.2, 0.25) is 0 Å². The molecule has 0 spiro atoms. The van der Waals surface area contributed by atoms with Gasteiger partial charge in [0.05, 0.1) is 6.54 Å². The Bertz CT molecular complexity index is 411. The molecule has 0 atom stereocenters. The van der Waals surface area contributed by atoms with Gasteiger partial charge in [0.15, 0.2) is 0 Å². The molecule has 2 nitrogen and oxygen atoms in total. The van der Waals surface area contributed by atoms with Gasteiger partial charge >= 0.3 is 0 Å². The number of nitrogens with zero attached hydrogens (tertiary/aromatic N) is 1. The topological polar surface area (TPSA) is 29.4 Å². The first kappa shape index (κ1) is 10.9. The maximum absolute atomic E-state index is 9.98. The highest BCUT2D eigenvalue weighted by atomic mass is 79.9. The second kappa shape index (κ2) is 4.97. The minimum Gasteiger partial charge on any atom is -0.211 e. The van der Waals surface area contributed by atoms with Gasteiger partial charge in [-0.25, -0.2) is 9.79 Å². The smallest absolute Gasteiger partial charge is 0.211 e. The SMILES string of the molecule is O=C=NCc1ccc(SC2CC2)c(Br)c1. The molecule has 0 N–H and O–H groups in total. The molecule has 78 valence electrons. The van der Waals surface area contributed by atoms with E-state index in [1.165, 1.54) is 17.7 Å². The minimum atomic E-state index is 0.413. The second-order valence-electron chi connectivity index (χ2n) is 3.49. The average Bonchev–Trinajstić information content (AvgIpc) is 3.02. The van der Waals surface area contributed by atoms with Gasteiger partial charge in [0, 0.05) is 14.6 Å². The largest absolute Gasteiger partial charge is 0.235 e. The number of hydrogen-bond donors (Lipinski definition) is 0. The molecule has 0 heterocycles. The highest BCUT2D eigenvalue weighted by Crippen LogP contribution is 2.41. The van der Waals surface area contributed by atoms with Crippen LogP contribution in [0.25, 0.3) is 0 Å². The Morgan fingerprint density at radius 2 is 2.33 bits per heavy atom. The van der Waals surface area contributed by atoms with Gasteiger partial charge in [0.25, 0.3) is 0 Å². The van der Waals surface area contributed by atoms with E-state index in [4.69, 9.17) is 0 Å². The Balaban J connectivity index is 2.10. The molecule has 0 unspecified atom stereocenters. The van der Waals surface area contributed by atoms with E-state index in [2.05, 4.69) is 27.0 Å². The van der Waals surface area contributed by atoms with Crippen LogP contribution in [0.3, 0.4) is 0 Å². The van der Waals surface area contributed by atoms with Crippen molar-refractivity contribution in [3.05, 3.63) is 28.2 Å². The van der Waals surface area contributed by atoms with E-state index in [-0.39, 0.29) is 0 Å². The van der Waals surface area contributed by atoms with Gasteiger partial charge in [-0.2, -0.15) is 0 Å². The van der Waals surface area contributed by atoms with Crippen molar-refractivity contribution in [2.75, 3.05) is 0 Å². The highest BCUT2D eigenvalue weighted by Gasteiger charge is 2.23. The molecule has 1 aliphatic rings. The lowest BCUT2D eigenvalue weighted by molar-refractivity contribution is 0.563. The lowest BCUT2D eigenvalue weighted by atomic mass is 10.2. The predicted octanol–water partition coefficient (Wildman–Crippen LogP) is 3.54. The summed E-state index contributed by atoms with van der Waals surface area (Å²) in [7, 11) is 0. The third-order valence-electron chi connectivity index (χ3n) is 2.14. The summed E-state index contributed by atoms with van der Waals surface area (Å²) >= 11 is 5.45. The van der Waals surface area contributed by atoms with E-state index in [1.54, 1.807) is 6.08 Å². The zero-order valence-electron chi connectivity index (χ0n) is 8.07. The van der Waals surface area contributed by atoms with Crippen molar-refractivity contribution in [3.63, 3.8) is 0 Å². The number of halogens is 1. The number of carbonyl (C=O) groups excluding carboxylic acids is 1. The second-order valence-corrected chi connectivity index (χ2v) is 5.69. The number of thioether (sulfide) groups is 1. The molecule has 0 aliphatic heterocycles. The van der Waals surface area contributed by atoms with Crippen LogP contribution in [0.4, 0.5) is 0 Å². The molecule has 0 aromatic heterocycles. The summed E-state index contributed by atoms with van der Waals surface area (Å²) in [4.78, 5) is 14.8. The van der Waals surface area contributed by atoms with Crippen LogP contribution in [0.5, 0.6) is 0 Å². The maximum Gasteiger partial charge on any atom is 0.235 e. The number of benzene rings is 1. The number of isocyanates is 1. The molecule has 4 heteroatoms. The Labute approximate surface area is 101 Å². The van der Waals surface area contributed by atoms with E-state index < -0.39 is 0 Å². The van der Waals surface area contributed by atoms with E-state index in [1.807, 2.05) is 23.9 Å². The third-order valence-corrected chi connectivity index (χ3v) is 4.47. The van der Waals surface area contributed by atoms with Gasteiger partial charge in [0.1, 0.15) is 0 Å².